The molecule has 0 bridgehead atoms. The van der Waals surface area contributed by atoms with Crippen LogP contribution in [-0.2, 0) is 11.0 Å². The molecule has 0 saturated carbocycles. The summed E-state index contributed by atoms with van der Waals surface area (Å²) in [6.45, 7) is -0.340. The van der Waals surface area contributed by atoms with Gasteiger partial charge in [0.1, 0.15) is 5.75 Å². The predicted octanol–water partition coefficient (Wildman–Crippen LogP) is 5.33. The molecule has 5 nitrogen and oxygen atoms in total. The molecule has 30 heavy (non-hydrogen) atoms. The largest absolute Gasteiger partial charge is 0.482 e. The number of hydrogen-bond acceptors (Lipinski definition) is 3. The van der Waals surface area contributed by atoms with Crippen molar-refractivity contribution < 1.29 is 22.7 Å². The van der Waals surface area contributed by atoms with Gasteiger partial charge in [0.25, 0.3) is 5.91 Å². The van der Waals surface area contributed by atoms with Gasteiger partial charge in [-0.25, -0.2) is 5.43 Å². The molecule has 3 aromatic rings. The van der Waals surface area contributed by atoms with E-state index in [9.17, 15) is 18.0 Å². The highest BCUT2D eigenvalue weighted by molar-refractivity contribution is 6.35. The van der Waals surface area contributed by atoms with E-state index < -0.39 is 17.6 Å². The van der Waals surface area contributed by atoms with E-state index in [1.807, 2.05) is 0 Å². The maximum absolute atomic E-state index is 12.9. The number of ether oxygens (including phenoxy) is 1. The Morgan fingerprint density at radius 3 is 2.67 bits per heavy atom. The van der Waals surface area contributed by atoms with Gasteiger partial charge in [-0.15, -0.1) is 0 Å². The molecule has 10 heteroatoms. The molecule has 0 atom stereocenters. The van der Waals surface area contributed by atoms with Gasteiger partial charge < -0.3 is 9.30 Å². The van der Waals surface area contributed by atoms with Gasteiger partial charge in [-0.3, -0.25) is 4.79 Å². The maximum Gasteiger partial charge on any atom is 0.416 e. The summed E-state index contributed by atoms with van der Waals surface area (Å²) in [4.78, 5) is 11.9. The molecule has 1 amide bonds. The van der Waals surface area contributed by atoms with Crippen LogP contribution in [0.2, 0.25) is 10.0 Å². The van der Waals surface area contributed by atoms with Crippen LogP contribution in [0.3, 0.4) is 0 Å². The average molecular weight is 456 g/mol. The van der Waals surface area contributed by atoms with Gasteiger partial charge in [-0.2, -0.15) is 18.3 Å². The molecular formula is C20H14Cl2F3N3O2. The van der Waals surface area contributed by atoms with Crippen LogP contribution in [0.4, 0.5) is 13.2 Å². The van der Waals surface area contributed by atoms with Crippen molar-refractivity contribution in [2.75, 3.05) is 6.61 Å². The number of aromatic nitrogens is 1. The minimum Gasteiger partial charge on any atom is -0.482 e. The van der Waals surface area contributed by atoms with Crippen molar-refractivity contribution in [1.82, 2.24) is 9.99 Å². The number of benzene rings is 2. The number of nitrogens with one attached hydrogen (secondary N) is 1. The Hall–Kier alpha value is -2.97. The van der Waals surface area contributed by atoms with E-state index in [-0.39, 0.29) is 11.6 Å². The molecule has 1 N–H and O–H groups in total. The molecule has 156 valence electrons. The highest BCUT2D eigenvalue weighted by Crippen LogP contribution is 2.30. The zero-order valence-corrected chi connectivity index (χ0v) is 16.7. The average Bonchev–Trinajstić information content (AvgIpc) is 3.15. The monoisotopic (exact) mass is 455 g/mol. The van der Waals surface area contributed by atoms with Crippen molar-refractivity contribution in [1.29, 1.82) is 0 Å². The second-order valence-electron chi connectivity index (χ2n) is 6.01. The third kappa shape index (κ3) is 5.55. The number of carbonyl (C=O) groups excluding carboxylic acids is 1. The van der Waals surface area contributed by atoms with E-state index in [0.29, 0.717) is 22.2 Å². The maximum atomic E-state index is 12.9. The summed E-state index contributed by atoms with van der Waals surface area (Å²) >= 11 is 11.7. The fourth-order valence-corrected chi connectivity index (χ4v) is 2.97. The van der Waals surface area contributed by atoms with E-state index in [1.54, 1.807) is 24.4 Å². The first-order valence-electron chi connectivity index (χ1n) is 8.49. The lowest BCUT2D eigenvalue weighted by Gasteiger charge is -2.11. The molecule has 3 rings (SSSR count). The van der Waals surface area contributed by atoms with E-state index in [4.69, 9.17) is 27.9 Å². The number of rotatable bonds is 6. The zero-order chi connectivity index (χ0) is 21.7. The topological polar surface area (TPSA) is 55.6 Å². The Labute approximate surface area is 179 Å². The molecule has 0 saturated heterocycles. The van der Waals surface area contributed by atoms with Crippen molar-refractivity contribution in [3.63, 3.8) is 0 Å². The van der Waals surface area contributed by atoms with Crippen LogP contribution in [0.25, 0.3) is 5.69 Å². The van der Waals surface area contributed by atoms with Gasteiger partial charge in [0.15, 0.2) is 6.61 Å². The number of alkyl halides is 3. The summed E-state index contributed by atoms with van der Waals surface area (Å²) in [7, 11) is 0. The van der Waals surface area contributed by atoms with Crippen molar-refractivity contribution in [3.05, 3.63) is 82.1 Å². The number of hydrogen-bond donors (Lipinski definition) is 1. The molecule has 0 aliphatic carbocycles. The van der Waals surface area contributed by atoms with Gasteiger partial charge in [-0.1, -0.05) is 29.3 Å². The predicted molar refractivity (Wildman–Crippen MR) is 108 cm³/mol. The van der Waals surface area contributed by atoms with Crippen molar-refractivity contribution in [2.24, 2.45) is 5.10 Å². The van der Waals surface area contributed by atoms with Crippen LogP contribution in [-0.4, -0.2) is 23.3 Å². The summed E-state index contributed by atoms with van der Waals surface area (Å²) in [5.74, 6) is -0.256. The molecule has 2 aromatic carbocycles. The van der Waals surface area contributed by atoms with E-state index in [2.05, 4.69) is 10.5 Å². The van der Waals surface area contributed by atoms with Crippen LogP contribution in [0.5, 0.6) is 5.75 Å². The summed E-state index contributed by atoms with van der Waals surface area (Å²) in [5.41, 5.74) is 2.30. The SMILES string of the molecule is O=C(COc1ccc(Cl)cc1Cl)N/N=C/c1cccn1-c1cccc(C(F)(F)F)c1. The van der Waals surface area contributed by atoms with Gasteiger partial charge in [0.2, 0.25) is 0 Å². The number of nitrogens with zero attached hydrogens (tertiary/aromatic N) is 2. The lowest BCUT2D eigenvalue weighted by Crippen LogP contribution is -2.24. The summed E-state index contributed by atoms with van der Waals surface area (Å²) in [6, 6.07) is 12.7. The third-order valence-electron chi connectivity index (χ3n) is 3.87. The molecule has 0 unspecified atom stereocenters. The lowest BCUT2D eigenvalue weighted by molar-refractivity contribution is -0.137. The van der Waals surface area contributed by atoms with Gasteiger partial charge in [0, 0.05) is 16.9 Å². The molecule has 0 radical (unpaired) electrons. The Morgan fingerprint density at radius 2 is 1.93 bits per heavy atom. The molecule has 0 aliphatic heterocycles. The summed E-state index contributed by atoms with van der Waals surface area (Å²) < 4.78 is 45.6. The minimum absolute atomic E-state index is 0.262. The van der Waals surface area contributed by atoms with Crippen molar-refractivity contribution in [2.45, 2.75) is 6.18 Å². The summed E-state index contributed by atoms with van der Waals surface area (Å²) in [5, 5.41) is 4.52. The highest BCUT2D eigenvalue weighted by atomic mass is 35.5. The standard InChI is InChI=1S/C20H14Cl2F3N3O2/c21-14-6-7-18(17(22)10-14)30-12-19(29)27-26-11-16-5-2-8-28(16)15-4-1-3-13(9-15)20(23,24)25/h1-11H,12H2,(H,27,29)/b26-11+. The first-order chi connectivity index (χ1) is 14.2. The third-order valence-corrected chi connectivity index (χ3v) is 4.40. The van der Waals surface area contributed by atoms with Gasteiger partial charge in [-0.05, 0) is 48.5 Å². The van der Waals surface area contributed by atoms with Crippen LogP contribution in [0.1, 0.15) is 11.3 Å². The Morgan fingerprint density at radius 1 is 1.13 bits per heavy atom. The van der Waals surface area contributed by atoms with Crippen LogP contribution >= 0.6 is 23.2 Å². The van der Waals surface area contributed by atoms with Gasteiger partial charge in [0.05, 0.1) is 22.5 Å². The zero-order valence-electron chi connectivity index (χ0n) is 15.2. The molecule has 1 heterocycles. The molecule has 0 fully saturated rings. The van der Waals surface area contributed by atoms with E-state index in [0.717, 1.165) is 12.1 Å². The molecule has 0 spiro atoms. The minimum atomic E-state index is -4.45. The van der Waals surface area contributed by atoms with Gasteiger partial charge >= 0.3 is 6.18 Å². The quantitative estimate of drug-likeness (QED) is 0.403. The first-order valence-corrected chi connectivity index (χ1v) is 9.24. The van der Waals surface area contributed by atoms with Crippen LogP contribution in [0.15, 0.2) is 65.9 Å². The molecular weight excluding hydrogens is 442 g/mol. The Kier molecular flexibility index (Phi) is 6.69. The van der Waals surface area contributed by atoms with Crippen LogP contribution < -0.4 is 10.2 Å². The number of amides is 1. The van der Waals surface area contributed by atoms with Crippen LogP contribution in [0, 0.1) is 0 Å². The first kappa shape index (κ1) is 21.7. The fraction of sp³-hybridized carbons (Fsp3) is 0.100. The summed E-state index contributed by atoms with van der Waals surface area (Å²) in [6.07, 6.45) is -1.55. The fourth-order valence-electron chi connectivity index (χ4n) is 2.50. The second kappa shape index (κ2) is 9.23. The normalized spacial score (nSPS) is 11.6. The molecule has 1 aromatic heterocycles. The van der Waals surface area contributed by atoms with E-state index in [1.165, 1.54) is 35.0 Å². The highest BCUT2D eigenvalue weighted by Gasteiger charge is 2.30. The second-order valence-corrected chi connectivity index (χ2v) is 6.85. The number of hydrazone groups is 1. The van der Waals surface area contributed by atoms with Crippen molar-refractivity contribution in [3.8, 4) is 11.4 Å². The Bertz CT molecular complexity index is 1080. The van der Waals surface area contributed by atoms with Crippen molar-refractivity contribution >= 4 is 35.3 Å². The Balaban J connectivity index is 1.63. The smallest absolute Gasteiger partial charge is 0.416 e. The number of carbonyl (C=O) groups is 1. The lowest BCUT2D eigenvalue weighted by atomic mass is 10.2. The van der Waals surface area contributed by atoms with E-state index >= 15 is 0 Å². The molecule has 0 aliphatic rings. The number of halogens is 5.